The third-order valence-corrected chi connectivity index (χ3v) is 5.42. The maximum atomic E-state index is 11.4. The van der Waals surface area contributed by atoms with E-state index < -0.39 is 32.5 Å². The second-order valence-corrected chi connectivity index (χ2v) is 8.54. The molecule has 0 aliphatic carbocycles. The van der Waals surface area contributed by atoms with E-state index in [9.17, 15) is 17.4 Å². The van der Waals surface area contributed by atoms with E-state index >= 15 is 0 Å². The zero-order valence-corrected chi connectivity index (χ0v) is 15.5. The molecule has 0 aliphatic heterocycles. The molecule has 10 nitrogen and oxygen atoms in total. The number of anilines is 1. The number of nitrogens with one attached hydrogen (secondary N) is 1. The van der Waals surface area contributed by atoms with Gasteiger partial charge in [-0.05, 0) is 6.92 Å². The van der Waals surface area contributed by atoms with Gasteiger partial charge in [0, 0.05) is 6.42 Å². The van der Waals surface area contributed by atoms with Gasteiger partial charge in [0.1, 0.15) is 12.4 Å². The normalized spacial score (nSPS) is 16.4. The number of hydrogen-bond donors (Lipinski definition) is 6. The summed E-state index contributed by atoms with van der Waals surface area (Å²) in [5.74, 6) is -0.379. The minimum atomic E-state index is -4.92. The SMILES string of the molecule is CC(=O)Nc1ccccc1[As](=O)(O)OO.CC(O)C(O)C(O)CC=O. The largest absolute Gasteiger partial charge is 0.391 e. The zero-order valence-electron chi connectivity index (χ0n) is 13.6. The first-order valence-electron chi connectivity index (χ1n) is 7.07. The quantitative estimate of drug-likeness (QED) is 0.130. The molecule has 25 heavy (non-hydrogen) atoms. The zero-order chi connectivity index (χ0) is 19.6. The van der Waals surface area contributed by atoms with Gasteiger partial charge in [-0.3, -0.25) is 0 Å². The molecule has 0 fully saturated rings. The number of carbonyl (C=O) groups excluding carboxylic acids is 2. The van der Waals surface area contributed by atoms with Gasteiger partial charge < -0.3 is 20.1 Å². The Balaban J connectivity index is 0.000000504. The number of amides is 1. The van der Waals surface area contributed by atoms with Crippen LogP contribution < -0.4 is 9.67 Å². The number of hydrogen-bond acceptors (Lipinski definition) is 8. The summed E-state index contributed by atoms with van der Waals surface area (Å²) in [6.07, 6.45) is -3.04. The van der Waals surface area contributed by atoms with Crippen molar-refractivity contribution in [3.05, 3.63) is 24.3 Å². The van der Waals surface area contributed by atoms with Crippen LogP contribution in [-0.2, 0) is 17.2 Å². The average molecular weight is 423 g/mol. The van der Waals surface area contributed by atoms with Gasteiger partial charge in [0.15, 0.2) is 0 Å². The molecule has 0 aliphatic rings. The van der Waals surface area contributed by atoms with E-state index in [1.807, 2.05) is 0 Å². The molecule has 0 heterocycles. The van der Waals surface area contributed by atoms with Crippen molar-refractivity contribution >= 4 is 36.4 Å². The van der Waals surface area contributed by atoms with E-state index in [-0.39, 0.29) is 22.4 Å². The maximum Gasteiger partial charge on any atom is 0.122 e. The van der Waals surface area contributed by atoms with Gasteiger partial charge in [-0.25, -0.2) is 0 Å². The standard InChI is InChI=1S/C8H10AsNO5.C6H12O4/c1-6(11)10-8-5-3-2-4-7(8)9(12,13)15-14;1-4(8)6(10)5(9)2-3-7/h2-5,14H,1H3,(H,10,11)(H,12,13);3-6,8-10H,2H2,1H3. The molecule has 0 saturated heterocycles. The molecule has 11 heteroatoms. The van der Waals surface area contributed by atoms with Crippen LogP contribution in [0.2, 0.25) is 0 Å². The van der Waals surface area contributed by atoms with Gasteiger partial charge in [0.05, 0.1) is 12.2 Å². The fourth-order valence-corrected chi connectivity index (χ4v) is 3.29. The van der Waals surface area contributed by atoms with Gasteiger partial charge in [-0.15, -0.1) is 0 Å². The molecular weight excluding hydrogens is 401 g/mol. The van der Waals surface area contributed by atoms with E-state index in [1.165, 1.54) is 32.0 Å². The summed E-state index contributed by atoms with van der Waals surface area (Å²) >= 11 is -4.92. The summed E-state index contributed by atoms with van der Waals surface area (Å²) in [6.45, 7) is 2.62. The third-order valence-electron chi connectivity index (χ3n) is 2.86. The van der Waals surface area contributed by atoms with E-state index in [2.05, 4.69) is 9.19 Å². The minimum Gasteiger partial charge on any atom is -0.391 e. The molecule has 1 aromatic rings. The summed E-state index contributed by atoms with van der Waals surface area (Å²) in [7, 11) is 0. The molecule has 4 unspecified atom stereocenters. The van der Waals surface area contributed by atoms with Crippen molar-refractivity contribution in [3.63, 3.8) is 0 Å². The molecular formula is C14H22AsNO9. The number of aldehydes is 1. The van der Waals surface area contributed by atoms with Crippen LogP contribution in [0, 0.1) is 0 Å². The molecule has 142 valence electrons. The summed E-state index contributed by atoms with van der Waals surface area (Å²) in [6, 6.07) is 5.84. The Morgan fingerprint density at radius 2 is 1.88 bits per heavy atom. The number of aliphatic hydroxyl groups is 3. The molecule has 1 aromatic carbocycles. The predicted molar refractivity (Wildman–Crippen MR) is 87.1 cm³/mol. The molecule has 0 aromatic heterocycles. The second kappa shape index (κ2) is 11.2. The van der Waals surface area contributed by atoms with Crippen molar-refractivity contribution in [1.82, 2.24) is 0 Å². The Morgan fingerprint density at radius 3 is 2.32 bits per heavy atom. The van der Waals surface area contributed by atoms with Crippen molar-refractivity contribution in [2.75, 3.05) is 5.32 Å². The number of benzene rings is 1. The molecule has 0 radical (unpaired) electrons. The summed E-state index contributed by atoms with van der Waals surface area (Å²) < 4.78 is 24.1. The predicted octanol–water partition coefficient (Wildman–Crippen LogP) is -1.62. The molecule has 0 saturated carbocycles. The Labute approximate surface area is 147 Å². The summed E-state index contributed by atoms with van der Waals surface area (Å²) in [5, 5.41) is 37.1. The summed E-state index contributed by atoms with van der Waals surface area (Å²) in [4.78, 5) is 20.6. The van der Waals surface area contributed by atoms with Gasteiger partial charge in [-0.2, -0.15) is 0 Å². The van der Waals surface area contributed by atoms with Crippen LogP contribution in [0.4, 0.5) is 5.69 Å². The Bertz CT molecular complexity index is 608. The Kier molecular flexibility index (Phi) is 10.5. The third kappa shape index (κ3) is 8.41. The monoisotopic (exact) mass is 423 g/mol. The van der Waals surface area contributed by atoms with E-state index in [1.54, 1.807) is 6.07 Å². The van der Waals surface area contributed by atoms with Crippen LogP contribution in [0.1, 0.15) is 20.3 Å². The molecule has 6 N–H and O–H groups in total. The van der Waals surface area contributed by atoms with Crippen molar-refractivity contribution in [1.29, 1.82) is 0 Å². The van der Waals surface area contributed by atoms with E-state index in [4.69, 9.17) is 20.6 Å². The average Bonchev–Trinajstić information content (AvgIpc) is 2.54. The second-order valence-electron chi connectivity index (χ2n) is 5.00. The first-order chi connectivity index (χ1) is 11.6. The number of para-hydroxylation sites is 1. The number of aliphatic hydroxyl groups excluding tert-OH is 3. The van der Waals surface area contributed by atoms with Crippen LogP contribution in [0.3, 0.4) is 0 Å². The minimum absolute atomic E-state index is 0.103. The van der Waals surface area contributed by atoms with Crippen molar-refractivity contribution < 1.29 is 41.9 Å². The molecule has 0 spiro atoms. The topological polar surface area (TPSA) is 174 Å². The van der Waals surface area contributed by atoms with Crippen LogP contribution in [0.5, 0.6) is 0 Å². The maximum absolute atomic E-state index is 11.4. The fraction of sp³-hybridized carbons (Fsp3) is 0.429. The molecule has 1 amide bonds. The molecule has 0 bridgehead atoms. The van der Waals surface area contributed by atoms with E-state index in [0.29, 0.717) is 6.29 Å². The van der Waals surface area contributed by atoms with Gasteiger partial charge >= 0.3 is 88.4 Å². The Hall–Kier alpha value is -1.52. The molecule has 1 rings (SSSR count). The number of rotatable bonds is 7. The van der Waals surface area contributed by atoms with Crippen LogP contribution in [-0.4, -0.2) is 69.4 Å². The van der Waals surface area contributed by atoms with Crippen molar-refractivity contribution in [2.24, 2.45) is 0 Å². The first-order valence-corrected chi connectivity index (χ1v) is 10.4. The van der Waals surface area contributed by atoms with Gasteiger partial charge in [-0.1, -0.05) is 0 Å². The smallest absolute Gasteiger partial charge is 0.122 e. The Morgan fingerprint density at radius 1 is 1.32 bits per heavy atom. The molecule has 4 atom stereocenters. The fourth-order valence-electron chi connectivity index (χ4n) is 1.62. The first kappa shape index (κ1) is 23.5. The van der Waals surface area contributed by atoms with Gasteiger partial charge in [0.25, 0.3) is 0 Å². The number of carbonyl (C=O) groups is 2. The van der Waals surface area contributed by atoms with Gasteiger partial charge in [0.2, 0.25) is 0 Å². The van der Waals surface area contributed by atoms with Crippen molar-refractivity contribution in [2.45, 2.75) is 38.6 Å². The summed E-state index contributed by atoms with van der Waals surface area (Å²) in [5.41, 5.74) is 0.157. The van der Waals surface area contributed by atoms with E-state index in [0.717, 1.165) is 0 Å². The van der Waals surface area contributed by atoms with Crippen LogP contribution in [0.15, 0.2) is 24.3 Å². The van der Waals surface area contributed by atoms with Crippen LogP contribution in [0.25, 0.3) is 0 Å². The van der Waals surface area contributed by atoms with Crippen LogP contribution >= 0.6 is 0 Å². The van der Waals surface area contributed by atoms with Crippen molar-refractivity contribution in [3.8, 4) is 0 Å².